The average Bonchev–Trinajstić information content (AvgIpc) is 2.63. The van der Waals surface area contributed by atoms with Gasteiger partial charge in [-0.3, -0.25) is 10.1 Å². The zero-order valence-corrected chi connectivity index (χ0v) is 18.7. The second-order valence-electron chi connectivity index (χ2n) is 6.72. The van der Waals surface area contributed by atoms with E-state index in [0.717, 1.165) is 34.0 Å². The van der Waals surface area contributed by atoms with Crippen LogP contribution < -0.4 is 15.5 Å². The van der Waals surface area contributed by atoms with E-state index in [-0.39, 0.29) is 11.0 Å². The number of rotatable bonds is 3. The number of hydrogen-bond acceptors (Lipinski definition) is 3. The van der Waals surface area contributed by atoms with Gasteiger partial charge in [0.25, 0.3) is 5.91 Å². The summed E-state index contributed by atoms with van der Waals surface area (Å²) in [6.45, 7) is 4.34. The van der Waals surface area contributed by atoms with Crippen molar-refractivity contribution in [2.75, 3.05) is 23.3 Å². The van der Waals surface area contributed by atoms with Gasteiger partial charge in [0.15, 0.2) is 5.11 Å². The van der Waals surface area contributed by atoms with Crippen LogP contribution in [0.1, 0.15) is 30.1 Å². The van der Waals surface area contributed by atoms with Crippen molar-refractivity contribution in [2.45, 2.75) is 19.8 Å². The van der Waals surface area contributed by atoms with E-state index in [2.05, 4.69) is 45.0 Å². The molecule has 1 saturated heterocycles. The van der Waals surface area contributed by atoms with Gasteiger partial charge >= 0.3 is 0 Å². The third-order valence-electron chi connectivity index (χ3n) is 4.68. The Morgan fingerprint density at radius 2 is 1.93 bits per heavy atom. The molecule has 1 amide bonds. The summed E-state index contributed by atoms with van der Waals surface area (Å²) in [6.07, 6.45) is 2.37. The highest BCUT2D eigenvalue weighted by Gasteiger charge is 2.18. The Kier molecular flexibility index (Phi) is 6.94. The molecule has 0 aliphatic carbocycles. The molecule has 1 aliphatic rings. The molecule has 0 aromatic heterocycles. The monoisotopic (exact) mass is 513 g/mol. The highest BCUT2D eigenvalue weighted by atomic mass is 127. The Labute approximate surface area is 183 Å². The van der Waals surface area contributed by atoms with E-state index >= 15 is 0 Å². The van der Waals surface area contributed by atoms with Crippen LogP contribution >= 0.6 is 46.4 Å². The third-order valence-corrected chi connectivity index (χ3v) is 6.12. The molecule has 4 nitrogen and oxygen atoms in total. The predicted octanol–water partition coefficient (Wildman–Crippen LogP) is 5.31. The maximum absolute atomic E-state index is 12.3. The highest BCUT2D eigenvalue weighted by molar-refractivity contribution is 14.1. The lowest BCUT2D eigenvalue weighted by Crippen LogP contribution is -2.34. The van der Waals surface area contributed by atoms with Gasteiger partial charge in [0, 0.05) is 22.3 Å². The molecule has 7 heteroatoms. The Bertz CT molecular complexity index is 853. The summed E-state index contributed by atoms with van der Waals surface area (Å²) in [5, 5.41) is 6.67. The van der Waals surface area contributed by atoms with Crippen molar-refractivity contribution in [3.63, 3.8) is 0 Å². The van der Waals surface area contributed by atoms with Crippen molar-refractivity contribution in [1.82, 2.24) is 5.32 Å². The van der Waals surface area contributed by atoms with Crippen molar-refractivity contribution in [2.24, 2.45) is 5.92 Å². The number of carbonyl (C=O) groups excluding carboxylic acids is 1. The number of carbonyl (C=O) groups is 1. The van der Waals surface area contributed by atoms with Crippen LogP contribution in [0.25, 0.3) is 0 Å². The van der Waals surface area contributed by atoms with Crippen LogP contribution in [0.2, 0.25) is 5.02 Å². The van der Waals surface area contributed by atoms with E-state index < -0.39 is 0 Å². The van der Waals surface area contributed by atoms with Crippen LogP contribution in [0.3, 0.4) is 0 Å². The number of benzene rings is 2. The fourth-order valence-electron chi connectivity index (χ4n) is 3.07. The van der Waals surface area contributed by atoms with Gasteiger partial charge in [-0.05, 0) is 83.9 Å². The summed E-state index contributed by atoms with van der Waals surface area (Å²) in [5.41, 5.74) is 2.39. The number of halogens is 2. The molecule has 0 saturated carbocycles. The molecule has 0 spiro atoms. The number of thiocarbonyl (C=S) groups is 1. The number of nitrogens with one attached hydrogen (secondary N) is 2. The molecule has 1 heterocycles. The molecule has 2 N–H and O–H groups in total. The van der Waals surface area contributed by atoms with Crippen molar-refractivity contribution in [3.05, 3.63) is 56.6 Å². The van der Waals surface area contributed by atoms with Gasteiger partial charge in [-0.25, -0.2) is 0 Å². The second kappa shape index (κ2) is 9.21. The van der Waals surface area contributed by atoms with Crippen molar-refractivity contribution >= 4 is 68.8 Å². The van der Waals surface area contributed by atoms with Gasteiger partial charge in [-0.1, -0.05) is 30.7 Å². The first-order valence-electron chi connectivity index (χ1n) is 8.85. The molecule has 0 bridgehead atoms. The molecule has 1 aliphatic heterocycles. The van der Waals surface area contributed by atoms with Gasteiger partial charge in [0.2, 0.25) is 0 Å². The van der Waals surface area contributed by atoms with Gasteiger partial charge in [-0.2, -0.15) is 0 Å². The molecule has 27 heavy (non-hydrogen) atoms. The molecule has 2 aromatic rings. The number of hydrogen-bond donors (Lipinski definition) is 2. The van der Waals surface area contributed by atoms with E-state index in [9.17, 15) is 4.79 Å². The Balaban J connectivity index is 1.62. The Morgan fingerprint density at radius 3 is 2.59 bits per heavy atom. The largest absolute Gasteiger partial charge is 0.370 e. The zero-order valence-electron chi connectivity index (χ0n) is 15.0. The van der Waals surface area contributed by atoms with Gasteiger partial charge in [0.1, 0.15) is 0 Å². The molecule has 0 atom stereocenters. The number of nitrogens with zero attached hydrogens (tertiary/aromatic N) is 1. The quantitative estimate of drug-likeness (QED) is 0.431. The van der Waals surface area contributed by atoms with Crippen LogP contribution in [-0.4, -0.2) is 24.1 Å². The molecule has 2 aromatic carbocycles. The van der Waals surface area contributed by atoms with E-state index in [1.807, 2.05) is 36.4 Å². The van der Waals surface area contributed by atoms with E-state index in [1.165, 1.54) is 12.8 Å². The highest BCUT2D eigenvalue weighted by Crippen LogP contribution is 2.31. The Hall–Kier alpha value is -1.38. The first-order chi connectivity index (χ1) is 12.9. The summed E-state index contributed by atoms with van der Waals surface area (Å²) < 4.78 is 0.874. The molecule has 1 fully saturated rings. The SMILES string of the molecule is CC1CCN(c2ccc(NC(=S)NC(=O)c3ccccc3I)cc2Cl)CC1. The molecule has 142 valence electrons. The normalized spacial score (nSPS) is 14.7. The van der Waals surface area contributed by atoms with Gasteiger partial charge < -0.3 is 10.2 Å². The number of piperidine rings is 1. The van der Waals surface area contributed by atoms with Crippen molar-refractivity contribution in [3.8, 4) is 0 Å². The molecule has 3 rings (SSSR count). The fourth-order valence-corrected chi connectivity index (χ4v) is 4.21. The summed E-state index contributed by atoms with van der Waals surface area (Å²) in [6, 6.07) is 13.2. The molecule has 0 unspecified atom stereocenters. The number of amides is 1. The summed E-state index contributed by atoms with van der Waals surface area (Å²) in [4.78, 5) is 14.7. The lowest BCUT2D eigenvalue weighted by Gasteiger charge is -2.32. The maximum atomic E-state index is 12.3. The summed E-state index contributed by atoms with van der Waals surface area (Å²) in [5.74, 6) is 0.539. The smallest absolute Gasteiger partial charge is 0.258 e. The second-order valence-corrected chi connectivity index (χ2v) is 8.70. The lowest BCUT2D eigenvalue weighted by molar-refractivity contribution is 0.0977. The average molecular weight is 514 g/mol. The van der Waals surface area contributed by atoms with Crippen LogP contribution in [0.4, 0.5) is 11.4 Å². The summed E-state index contributed by atoms with van der Waals surface area (Å²) in [7, 11) is 0. The zero-order chi connectivity index (χ0) is 19.4. The minimum Gasteiger partial charge on any atom is -0.370 e. The molecular weight excluding hydrogens is 493 g/mol. The van der Waals surface area contributed by atoms with E-state index in [4.69, 9.17) is 23.8 Å². The Morgan fingerprint density at radius 1 is 1.22 bits per heavy atom. The maximum Gasteiger partial charge on any atom is 0.258 e. The first-order valence-corrected chi connectivity index (χ1v) is 10.7. The predicted molar refractivity (Wildman–Crippen MR) is 125 cm³/mol. The van der Waals surface area contributed by atoms with Crippen molar-refractivity contribution in [1.29, 1.82) is 0 Å². The minimum absolute atomic E-state index is 0.234. The lowest BCUT2D eigenvalue weighted by atomic mass is 9.99. The van der Waals surface area contributed by atoms with Crippen LogP contribution in [0, 0.1) is 9.49 Å². The third kappa shape index (κ3) is 5.33. The standard InChI is InChI=1S/C20H21ClIN3OS/c1-13-8-10-25(11-9-13)18-7-6-14(12-16(18)21)23-20(27)24-19(26)15-4-2-3-5-17(15)22/h2-7,12-13H,8-11H2,1H3,(H2,23,24,26,27). The van der Waals surface area contributed by atoms with Crippen LogP contribution in [0.15, 0.2) is 42.5 Å². The fraction of sp³-hybridized carbons (Fsp3) is 0.300. The van der Waals surface area contributed by atoms with E-state index in [1.54, 1.807) is 6.07 Å². The van der Waals surface area contributed by atoms with Crippen molar-refractivity contribution < 1.29 is 4.79 Å². The topological polar surface area (TPSA) is 44.4 Å². The van der Waals surface area contributed by atoms with Crippen LogP contribution in [-0.2, 0) is 0 Å². The van der Waals surface area contributed by atoms with Gasteiger partial charge in [-0.15, -0.1) is 0 Å². The molecular formula is C20H21ClIN3OS. The summed E-state index contributed by atoms with van der Waals surface area (Å²) >= 11 is 13.9. The number of anilines is 2. The minimum atomic E-state index is -0.234. The van der Waals surface area contributed by atoms with Gasteiger partial charge in [0.05, 0.1) is 16.3 Å². The molecule has 0 radical (unpaired) electrons. The van der Waals surface area contributed by atoms with E-state index in [0.29, 0.717) is 10.6 Å². The first kappa shape index (κ1) is 20.4. The van der Waals surface area contributed by atoms with Crippen LogP contribution in [0.5, 0.6) is 0 Å².